The van der Waals surface area contributed by atoms with Crippen molar-refractivity contribution < 1.29 is 18.7 Å². The lowest BCUT2D eigenvalue weighted by atomic mass is 10.2. The number of carbonyl (C=O) groups is 2. The first kappa shape index (κ1) is 13.0. The second-order valence-electron chi connectivity index (χ2n) is 3.96. The Morgan fingerprint density at radius 2 is 2.28 bits per heavy atom. The minimum absolute atomic E-state index is 0.0562. The third-order valence-electron chi connectivity index (χ3n) is 2.74. The van der Waals surface area contributed by atoms with Gasteiger partial charge < -0.3 is 9.64 Å². The van der Waals surface area contributed by atoms with Gasteiger partial charge in [-0.3, -0.25) is 4.79 Å². The number of carbonyl (C=O) groups excluding carboxylic acids is 2. The highest BCUT2D eigenvalue weighted by atomic mass is 79.9. The number of benzene rings is 1. The van der Waals surface area contributed by atoms with Crippen molar-refractivity contribution in [2.75, 3.05) is 18.6 Å². The number of methoxy groups -OCH3 is 1. The summed E-state index contributed by atoms with van der Waals surface area (Å²) >= 11 is 3.36. The zero-order valence-corrected chi connectivity index (χ0v) is 11.2. The van der Waals surface area contributed by atoms with Gasteiger partial charge in [-0.1, -0.05) is 15.9 Å². The van der Waals surface area contributed by atoms with Gasteiger partial charge in [0.2, 0.25) is 5.91 Å². The number of rotatable bonds is 2. The number of anilines is 1. The molecule has 1 heterocycles. The van der Waals surface area contributed by atoms with E-state index in [1.807, 2.05) is 0 Å². The van der Waals surface area contributed by atoms with Gasteiger partial charge >= 0.3 is 5.97 Å². The third kappa shape index (κ3) is 2.38. The van der Waals surface area contributed by atoms with Crippen molar-refractivity contribution in [2.45, 2.75) is 11.2 Å². The third-order valence-corrected chi connectivity index (χ3v) is 3.36. The van der Waals surface area contributed by atoms with Crippen LogP contribution in [0.5, 0.6) is 0 Å². The molecule has 96 valence electrons. The molecule has 0 N–H and O–H groups in total. The molecule has 0 radical (unpaired) electrons. The zero-order valence-electron chi connectivity index (χ0n) is 9.65. The maximum Gasteiger partial charge on any atom is 0.340 e. The fourth-order valence-electron chi connectivity index (χ4n) is 1.86. The summed E-state index contributed by atoms with van der Waals surface area (Å²) in [6.45, 7) is 0.505. The lowest BCUT2D eigenvalue weighted by Crippen LogP contribution is -2.25. The Balaban J connectivity index is 2.35. The Morgan fingerprint density at radius 1 is 1.56 bits per heavy atom. The van der Waals surface area contributed by atoms with Crippen LogP contribution in [-0.4, -0.2) is 30.4 Å². The van der Waals surface area contributed by atoms with Gasteiger partial charge in [-0.05, 0) is 18.2 Å². The fourth-order valence-corrected chi connectivity index (χ4v) is 2.43. The van der Waals surface area contributed by atoms with Gasteiger partial charge in [0.05, 0.1) is 12.7 Å². The highest BCUT2D eigenvalue weighted by Crippen LogP contribution is 2.26. The molecule has 1 aliphatic rings. The molecule has 1 aromatic rings. The average molecular weight is 316 g/mol. The maximum atomic E-state index is 13.5. The molecule has 0 saturated carbocycles. The standard InChI is InChI=1S/C12H11BrFNO3/c1-18-12(17)9-5-8(2-3-10(9)14)15-6-7(13)4-11(15)16/h2-3,5,7H,4,6H2,1H3. The minimum Gasteiger partial charge on any atom is -0.465 e. The molecule has 0 aromatic heterocycles. The lowest BCUT2D eigenvalue weighted by molar-refractivity contribution is -0.117. The van der Waals surface area contributed by atoms with Crippen molar-refractivity contribution in [1.82, 2.24) is 0 Å². The summed E-state index contributed by atoms with van der Waals surface area (Å²) in [5.41, 5.74) is 0.338. The van der Waals surface area contributed by atoms with E-state index in [0.29, 0.717) is 18.7 Å². The Kier molecular flexibility index (Phi) is 3.65. The Bertz CT molecular complexity index is 506. The first-order valence-corrected chi connectivity index (χ1v) is 6.27. The first-order valence-electron chi connectivity index (χ1n) is 5.35. The van der Waals surface area contributed by atoms with Crippen LogP contribution in [-0.2, 0) is 9.53 Å². The quantitative estimate of drug-likeness (QED) is 0.620. The van der Waals surface area contributed by atoms with Crippen molar-refractivity contribution in [3.05, 3.63) is 29.6 Å². The monoisotopic (exact) mass is 315 g/mol. The molecular weight excluding hydrogens is 305 g/mol. The van der Waals surface area contributed by atoms with Crippen molar-refractivity contribution >= 4 is 33.5 Å². The molecule has 1 unspecified atom stereocenters. The number of alkyl halides is 1. The van der Waals surface area contributed by atoms with Gasteiger partial charge in [0.25, 0.3) is 0 Å². The number of halogens is 2. The number of amides is 1. The van der Waals surface area contributed by atoms with Crippen LogP contribution in [0.25, 0.3) is 0 Å². The summed E-state index contributed by atoms with van der Waals surface area (Å²) in [5, 5.41) is 0. The highest BCUT2D eigenvalue weighted by molar-refractivity contribution is 9.09. The van der Waals surface area contributed by atoms with Crippen molar-refractivity contribution in [1.29, 1.82) is 0 Å². The van der Waals surface area contributed by atoms with Crippen LogP contribution in [0.15, 0.2) is 18.2 Å². The van der Waals surface area contributed by atoms with Gasteiger partial charge in [-0.15, -0.1) is 0 Å². The summed E-state index contributed by atoms with van der Waals surface area (Å²) in [5.74, 6) is -1.47. The van der Waals surface area contributed by atoms with E-state index in [1.165, 1.54) is 24.1 Å². The van der Waals surface area contributed by atoms with Crippen LogP contribution < -0.4 is 4.90 Å². The summed E-state index contributed by atoms with van der Waals surface area (Å²) in [4.78, 5) is 24.7. The second-order valence-corrected chi connectivity index (χ2v) is 5.26. The predicted octanol–water partition coefficient (Wildman–Crippen LogP) is 2.11. The molecule has 1 fully saturated rings. The van der Waals surface area contributed by atoms with E-state index in [-0.39, 0.29) is 16.3 Å². The predicted molar refractivity (Wildman–Crippen MR) is 67.4 cm³/mol. The molecule has 1 saturated heterocycles. The second kappa shape index (κ2) is 5.06. The molecule has 1 aliphatic heterocycles. The van der Waals surface area contributed by atoms with Crippen molar-refractivity contribution in [2.24, 2.45) is 0 Å². The molecule has 4 nitrogen and oxygen atoms in total. The molecule has 2 rings (SSSR count). The van der Waals surface area contributed by atoms with Crippen molar-refractivity contribution in [3.63, 3.8) is 0 Å². The molecule has 6 heteroatoms. The molecule has 1 amide bonds. The van der Waals surface area contributed by atoms with E-state index in [1.54, 1.807) is 0 Å². The van der Waals surface area contributed by atoms with E-state index in [9.17, 15) is 14.0 Å². The van der Waals surface area contributed by atoms with Gasteiger partial charge in [0.1, 0.15) is 5.82 Å². The van der Waals surface area contributed by atoms with E-state index in [2.05, 4.69) is 20.7 Å². The first-order chi connectivity index (χ1) is 8.52. The molecule has 1 atom stereocenters. The smallest absolute Gasteiger partial charge is 0.340 e. The normalized spacial score (nSPS) is 19.2. The van der Waals surface area contributed by atoms with Crippen molar-refractivity contribution in [3.8, 4) is 0 Å². The molecular formula is C12H11BrFNO3. The highest BCUT2D eigenvalue weighted by Gasteiger charge is 2.29. The number of esters is 1. The van der Waals surface area contributed by atoms with Gasteiger partial charge in [-0.25, -0.2) is 9.18 Å². The van der Waals surface area contributed by atoms with E-state index >= 15 is 0 Å². The number of hydrogen-bond acceptors (Lipinski definition) is 3. The maximum absolute atomic E-state index is 13.5. The van der Waals surface area contributed by atoms with Crippen LogP contribution in [0.2, 0.25) is 0 Å². The topological polar surface area (TPSA) is 46.6 Å². The molecule has 0 aliphatic carbocycles. The van der Waals surface area contributed by atoms with Crippen LogP contribution in [0.3, 0.4) is 0 Å². The van der Waals surface area contributed by atoms with Crippen LogP contribution in [0.1, 0.15) is 16.8 Å². The number of hydrogen-bond donors (Lipinski definition) is 0. The van der Waals surface area contributed by atoms with Gasteiger partial charge in [-0.2, -0.15) is 0 Å². The SMILES string of the molecule is COC(=O)c1cc(N2CC(Br)CC2=O)ccc1F. The van der Waals surface area contributed by atoms with Gasteiger partial charge in [0, 0.05) is 23.5 Å². The van der Waals surface area contributed by atoms with E-state index in [0.717, 1.165) is 6.07 Å². The Hall–Kier alpha value is -1.43. The summed E-state index contributed by atoms with van der Waals surface area (Å²) in [6.07, 6.45) is 0.394. The molecule has 1 aromatic carbocycles. The van der Waals surface area contributed by atoms with Crippen LogP contribution >= 0.6 is 15.9 Å². The summed E-state index contributed by atoms with van der Waals surface area (Å²) in [7, 11) is 1.18. The summed E-state index contributed by atoms with van der Waals surface area (Å²) < 4.78 is 17.9. The largest absolute Gasteiger partial charge is 0.465 e. The van der Waals surface area contributed by atoms with E-state index in [4.69, 9.17) is 0 Å². The molecule has 18 heavy (non-hydrogen) atoms. The van der Waals surface area contributed by atoms with Crippen LogP contribution in [0, 0.1) is 5.82 Å². The fraction of sp³-hybridized carbons (Fsp3) is 0.333. The van der Waals surface area contributed by atoms with E-state index < -0.39 is 11.8 Å². The van der Waals surface area contributed by atoms with Crippen LogP contribution in [0.4, 0.5) is 10.1 Å². The zero-order chi connectivity index (χ0) is 13.3. The minimum atomic E-state index is -0.753. The Morgan fingerprint density at radius 3 is 2.83 bits per heavy atom. The molecule has 0 spiro atoms. The molecule has 0 bridgehead atoms. The average Bonchev–Trinajstić information content (AvgIpc) is 2.68. The number of nitrogens with zero attached hydrogens (tertiary/aromatic N) is 1. The Labute approximate surface area is 112 Å². The summed E-state index contributed by atoms with van der Waals surface area (Å²) in [6, 6.07) is 3.98. The number of ether oxygens (including phenoxy) is 1. The van der Waals surface area contributed by atoms with Gasteiger partial charge in [0.15, 0.2) is 0 Å². The lowest BCUT2D eigenvalue weighted by Gasteiger charge is -2.16.